The number of carbonyl (C=O) groups excluding carboxylic acids is 1. The summed E-state index contributed by atoms with van der Waals surface area (Å²) >= 11 is 12.4. The van der Waals surface area contributed by atoms with Crippen LogP contribution < -0.4 is 9.04 Å². The molecule has 28 heavy (non-hydrogen) atoms. The summed E-state index contributed by atoms with van der Waals surface area (Å²) in [5, 5.41) is -0.207. The number of benzene rings is 2. The van der Waals surface area contributed by atoms with Crippen LogP contribution in [0.4, 0.5) is 5.69 Å². The predicted octanol–water partition coefficient (Wildman–Crippen LogP) is 4.38. The van der Waals surface area contributed by atoms with Crippen LogP contribution in [0.3, 0.4) is 0 Å². The molecule has 0 spiro atoms. The first-order valence-corrected chi connectivity index (χ1v) is 10.6. The zero-order valence-electron chi connectivity index (χ0n) is 16.0. The Hall–Kier alpha value is -1.96. The van der Waals surface area contributed by atoms with Crippen molar-refractivity contribution in [3.63, 3.8) is 0 Å². The van der Waals surface area contributed by atoms with Crippen LogP contribution in [0.1, 0.15) is 18.1 Å². The molecule has 9 heteroatoms. The van der Waals surface area contributed by atoms with Gasteiger partial charge in [0.2, 0.25) is 0 Å². The molecule has 0 amide bonds. The molecule has 0 bridgehead atoms. The molecule has 0 atom stereocenters. The number of esters is 1. The third-order valence-electron chi connectivity index (χ3n) is 4.00. The summed E-state index contributed by atoms with van der Waals surface area (Å²) in [6.07, 6.45) is 0. The number of carbonyl (C=O) groups is 1. The molecule has 2 aromatic carbocycles. The zero-order chi connectivity index (χ0) is 21.1. The fourth-order valence-electron chi connectivity index (χ4n) is 2.70. The van der Waals surface area contributed by atoms with E-state index in [1.54, 1.807) is 26.0 Å². The van der Waals surface area contributed by atoms with Gasteiger partial charge in [-0.2, -0.15) is 0 Å². The van der Waals surface area contributed by atoms with Crippen molar-refractivity contribution in [2.75, 3.05) is 24.6 Å². The van der Waals surface area contributed by atoms with Crippen LogP contribution in [-0.2, 0) is 19.6 Å². The van der Waals surface area contributed by atoms with Gasteiger partial charge in [-0.15, -0.1) is 0 Å². The summed E-state index contributed by atoms with van der Waals surface area (Å²) in [5.74, 6) is -0.434. The highest BCUT2D eigenvalue weighted by atomic mass is 35.5. The number of hydrogen-bond acceptors (Lipinski definition) is 5. The molecule has 0 fully saturated rings. The van der Waals surface area contributed by atoms with E-state index in [-0.39, 0.29) is 27.3 Å². The fraction of sp³-hybridized carbons (Fsp3) is 0.316. The van der Waals surface area contributed by atoms with Crippen LogP contribution in [-0.4, -0.2) is 34.6 Å². The third kappa shape index (κ3) is 4.54. The molecule has 0 radical (unpaired) electrons. The fourth-order valence-corrected chi connectivity index (χ4v) is 4.99. The van der Waals surface area contributed by atoms with Gasteiger partial charge in [0.15, 0.2) is 0 Å². The van der Waals surface area contributed by atoms with Gasteiger partial charge in [0.1, 0.15) is 22.2 Å². The summed E-state index contributed by atoms with van der Waals surface area (Å²) in [6.45, 7) is 4.93. The number of ether oxygens (including phenoxy) is 2. The summed E-state index contributed by atoms with van der Waals surface area (Å²) in [5.41, 5.74) is 1.99. The van der Waals surface area contributed by atoms with Crippen molar-refractivity contribution in [2.24, 2.45) is 0 Å². The minimum absolute atomic E-state index is 0.0260. The van der Waals surface area contributed by atoms with Gasteiger partial charge in [0.05, 0.1) is 24.4 Å². The quantitative estimate of drug-likeness (QED) is 0.591. The van der Waals surface area contributed by atoms with E-state index in [9.17, 15) is 13.2 Å². The maximum atomic E-state index is 13.4. The van der Waals surface area contributed by atoms with E-state index in [1.807, 2.05) is 13.0 Å². The maximum Gasteiger partial charge on any atom is 0.326 e. The molecule has 0 N–H and O–H groups in total. The smallest absolute Gasteiger partial charge is 0.326 e. The molecule has 0 aliphatic heterocycles. The van der Waals surface area contributed by atoms with Gasteiger partial charge in [0.25, 0.3) is 10.0 Å². The van der Waals surface area contributed by atoms with E-state index in [2.05, 4.69) is 0 Å². The molecular weight excluding hydrogens is 425 g/mol. The Bertz CT molecular complexity index is 992. The zero-order valence-corrected chi connectivity index (χ0v) is 18.3. The Balaban J connectivity index is 2.65. The lowest BCUT2D eigenvalue weighted by Gasteiger charge is -2.26. The highest BCUT2D eigenvalue weighted by molar-refractivity contribution is 7.93. The minimum Gasteiger partial charge on any atom is -0.495 e. The topological polar surface area (TPSA) is 72.9 Å². The molecule has 2 rings (SSSR count). The van der Waals surface area contributed by atoms with E-state index in [0.717, 1.165) is 9.87 Å². The Labute approximate surface area is 175 Å². The first kappa shape index (κ1) is 22.3. The normalized spacial score (nSPS) is 11.2. The Kier molecular flexibility index (Phi) is 7.20. The maximum absolute atomic E-state index is 13.4. The van der Waals surface area contributed by atoms with Crippen molar-refractivity contribution in [1.82, 2.24) is 0 Å². The van der Waals surface area contributed by atoms with Crippen LogP contribution in [0.15, 0.2) is 35.2 Å². The van der Waals surface area contributed by atoms with E-state index < -0.39 is 22.5 Å². The van der Waals surface area contributed by atoms with E-state index in [1.165, 1.54) is 19.2 Å². The van der Waals surface area contributed by atoms with Crippen molar-refractivity contribution in [1.29, 1.82) is 0 Å². The van der Waals surface area contributed by atoms with Gasteiger partial charge >= 0.3 is 5.97 Å². The monoisotopic (exact) mass is 445 g/mol. The molecule has 0 saturated carbocycles. The number of nitrogens with zero attached hydrogens (tertiary/aromatic N) is 1. The van der Waals surface area contributed by atoms with E-state index in [4.69, 9.17) is 32.7 Å². The van der Waals surface area contributed by atoms with Gasteiger partial charge in [-0.05, 0) is 44.5 Å². The first-order chi connectivity index (χ1) is 13.1. The highest BCUT2D eigenvalue weighted by Crippen LogP contribution is 2.39. The number of halogens is 2. The second-order valence-electron chi connectivity index (χ2n) is 6.00. The molecule has 0 unspecified atom stereocenters. The lowest BCUT2D eigenvalue weighted by molar-refractivity contribution is -0.141. The van der Waals surface area contributed by atoms with E-state index >= 15 is 0 Å². The lowest BCUT2D eigenvalue weighted by atomic mass is 10.1. The van der Waals surface area contributed by atoms with Gasteiger partial charge in [-0.25, -0.2) is 8.42 Å². The Morgan fingerprint density at radius 2 is 1.79 bits per heavy atom. The summed E-state index contributed by atoms with van der Waals surface area (Å²) in [4.78, 5) is 11.9. The molecular formula is C19H21Cl2NO5S. The largest absolute Gasteiger partial charge is 0.495 e. The average Bonchev–Trinajstić information content (AvgIpc) is 2.62. The van der Waals surface area contributed by atoms with E-state index in [0.29, 0.717) is 11.3 Å². The number of methoxy groups -OCH3 is 1. The van der Waals surface area contributed by atoms with Crippen molar-refractivity contribution in [2.45, 2.75) is 25.7 Å². The molecule has 0 saturated heterocycles. The molecule has 2 aromatic rings. The van der Waals surface area contributed by atoms with Crippen LogP contribution in [0, 0.1) is 13.8 Å². The van der Waals surface area contributed by atoms with Crippen molar-refractivity contribution >= 4 is 44.9 Å². The van der Waals surface area contributed by atoms with Gasteiger partial charge < -0.3 is 9.47 Å². The van der Waals surface area contributed by atoms with Crippen molar-refractivity contribution in [3.05, 3.63) is 51.5 Å². The standard InChI is InChI=1S/C19H21Cl2NO5S/c1-5-27-17(23)11-22(14-7-6-12(2)10-13(14)3)28(24,25)16-9-8-15(26-4)18(20)19(16)21/h6-10H,5,11H2,1-4H3. The molecule has 0 aliphatic rings. The van der Waals surface area contributed by atoms with Crippen molar-refractivity contribution < 1.29 is 22.7 Å². The number of hydrogen-bond donors (Lipinski definition) is 0. The van der Waals surface area contributed by atoms with Crippen LogP contribution in [0.5, 0.6) is 5.75 Å². The molecule has 6 nitrogen and oxygen atoms in total. The van der Waals surface area contributed by atoms with Gasteiger partial charge in [-0.3, -0.25) is 9.10 Å². The van der Waals surface area contributed by atoms with Crippen LogP contribution in [0.2, 0.25) is 10.0 Å². The summed E-state index contributed by atoms with van der Waals surface area (Å²) in [7, 11) is -2.82. The lowest BCUT2D eigenvalue weighted by Crippen LogP contribution is -2.37. The number of sulfonamides is 1. The molecule has 0 aliphatic carbocycles. The second-order valence-corrected chi connectivity index (χ2v) is 8.59. The third-order valence-corrected chi connectivity index (χ3v) is 6.78. The summed E-state index contributed by atoms with van der Waals surface area (Å²) < 4.78 is 37.8. The molecule has 0 aromatic heterocycles. The molecule has 0 heterocycles. The number of anilines is 1. The Morgan fingerprint density at radius 1 is 1.11 bits per heavy atom. The van der Waals surface area contributed by atoms with Crippen molar-refractivity contribution in [3.8, 4) is 5.75 Å². The van der Waals surface area contributed by atoms with Crippen LogP contribution >= 0.6 is 23.2 Å². The minimum atomic E-state index is -4.22. The highest BCUT2D eigenvalue weighted by Gasteiger charge is 2.32. The molecule has 152 valence electrons. The average molecular weight is 446 g/mol. The number of rotatable bonds is 7. The Morgan fingerprint density at radius 3 is 2.36 bits per heavy atom. The first-order valence-electron chi connectivity index (χ1n) is 8.41. The summed E-state index contributed by atoms with van der Waals surface area (Å²) in [6, 6.07) is 7.93. The van der Waals surface area contributed by atoms with Gasteiger partial charge in [-0.1, -0.05) is 40.9 Å². The number of aryl methyl sites for hydroxylation is 2. The predicted molar refractivity (Wildman–Crippen MR) is 110 cm³/mol. The van der Waals surface area contributed by atoms with Crippen LogP contribution in [0.25, 0.3) is 0 Å². The van der Waals surface area contributed by atoms with Gasteiger partial charge in [0, 0.05) is 0 Å². The second kappa shape index (κ2) is 9.03. The SMILES string of the molecule is CCOC(=O)CN(c1ccc(C)cc1C)S(=O)(=O)c1ccc(OC)c(Cl)c1Cl.